The number of esters is 1. The zero-order valence-electron chi connectivity index (χ0n) is 17.8. The Bertz CT molecular complexity index is 1170. The zero-order chi connectivity index (χ0) is 23.8. The molecule has 33 heavy (non-hydrogen) atoms. The molecule has 0 bridgehead atoms. The van der Waals surface area contributed by atoms with E-state index < -0.39 is 40.8 Å². The summed E-state index contributed by atoms with van der Waals surface area (Å²) < 4.78 is 67.3. The number of ether oxygens (including phenoxy) is 4. The van der Waals surface area contributed by atoms with Gasteiger partial charge >= 0.3 is 12.1 Å². The quantitative estimate of drug-likeness (QED) is 0.478. The van der Waals surface area contributed by atoms with Gasteiger partial charge < -0.3 is 23.4 Å². The Labute approximate surface area is 186 Å². The number of carbonyl (C=O) groups is 1. The maximum Gasteiger partial charge on any atom is 0.453 e. The van der Waals surface area contributed by atoms with Gasteiger partial charge in [-0.25, -0.2) is 4.79 Å². The summed E-state index contributed by atoms with van der Waals surface area (Å²) in [6, 6.07) is 3.59. The molecule has 0 spiro atoms. The van der Waals surface area contributed by atoms with Crippen LogP contribution >= 0.6 is 0 Å². The van der Waals surface area contributed by atoms with E-state index in [1.165, 1.54) is 25.3 Å². The minimum atomic E-state index is -5.01. The zero-order valence-corrected chi connectivity index (χ0v) is 17.8. The lowest BCUT2D eigenvalue weighted by Crippen LogP contribution is -2.24. The van der Waals surface area contributed by atoms with Gasteiger partial charge in [0.1, 0.15) is 17.1 Å². The second-order valence-corrected chi connectivity index (χ2v) is 7.76. The number of alkyl halides is 3. The largest absolute Gasteiger partial charge is 0.453 e. The first-order chi connectivity index (χ1) is 15.7. The summed E-state index contributed by atoms with van der Waals surface area (Å²) in [6.45, 7) is 2.23. The summed E-state index contributed by atoms with van der Waals surface area (Å²) in [5, 5.41) is -0.155. The fourth-order valence-electron chi connectivity index (χ4n) is 3.70. The summed E-state index contributed by atoms with van der Waals surface area (Å²) in [5.74, 6) is -3.40. The summed E-state index contributed by atoms with van der Waals surface area (Å²) in [5.41, 5.74) is -1.39. The van der Waals surface area contributed by atoms with E-state index in [-0.39, 0.29) is 28.9 Å². The third-order valence-corrected chi connectivity index (χ3v) is 5.38. The molecule has 1 aromatic heterocycles. The Morgan fingerprint density at radius 3 is 2.67 bits per heavy atom. The van der Waals surface area contributed by atoms with Crippen LogP contribution in [0.3, 0.4) is 0 Å². The highest BCUT2D eigenvalue weighted by Gasteiger charge is 2.41. The van der Waals surface area contributed by atoms with Gasteiger partial charge in [-0.15, -0.1) is 0 Å². The second kappa shape index (κ2) is 9.03. The second-order valence-electron chi connectivity index (χ2n) is 7.76. The SMILES string of the molecule is COC1C=CC(Oc2c(C(F)(F)F)oc3cc(OC(=O)C4CCCO4)ccc3c2=O)=CC1C. The van der Waals surface area contributed by atoms with E-state index in [1.807, 2.05) is 0 Å². The van der Waals surface area contributed by atoms with Crippen molar-refractivity contribution in [3.63, 3.8) is 0 Å². The van der Waals surface area contributed by atoms with Crippen molar-refractivity contribution in [3.8, 4) is 11.5 Å². The fourth-order valence-corrected chi connectivity index (χ4v) is 3.70. The molecule has 4 rings (SSSR count). The minimum absolute atomic E-state index is 0.0645. The van der Waals surface area contributed by atoms with Crippen molar-refractivity contribution in [1.29, 1.82) is 0 Å². The van der Waals surface area contributed by atoms with Crippen LogP contribution in [-0.2, 0) is 20.4 Å². The Hall–Kier alpha value is -3.11. The maximum absolute atomic E-state index is 13.7. The highest BCUT2D eigenvalue weighted by atomic mass is 19.4. The number of carbonyl (C=O) groups excluding carboxylic acids is 1. The van der Waals surface area contributed by atoms with Crippen LogP contribution in [0, 0.1) is 5.92 Å². The molecule has 1 fully saturated rings. The lowest BCUT2D eigenvalue weighted by molar-refractivity contribution is -0.154. The molecule has 3 unspecified atom stereocenters. The average molecular weight is 466 g/mol. The summed E-state index contributed by atoms with van der Waals surface area (Å²) in [6.07, 6.45) is -0.168. The van der Waals surface area contributed by atoms with Crippen LogP contribution in [0.2, 0.25) is 0 Å². The van der Waals surface area contributed by atoms with E-state index in [9.17, 15) is 22.8 Å². The molecule has 0 radical (unpaired) electrons. The predicted molar refractivity (Wildman–Crippen MR) is 110 cm³/mol. The molecular weight excluding hydrogens is 445 g/mol. The first-order valence-corrected chi connectivity index (χ1v) is 10.3. The summed E-state index contributed by atoms with van der Waals surface area (Å²) in [4.78, 5) is 25.1. The summed E-state index contributed by atoms with van der Waals surface area (Å²) >= 11 is 0. The lowest BCUT2D eigenvalue weighted by atomic mass is 9.99. The molecule has 10 heteroatoms. The van der Waals surface area contributed by atoms with Crippen molar-refractivity contribution in [2.45, 2.75) is 38.1 Å². The van der Waals surface area contributed by atoms with E-state index in [4.69, 9.17) is 23.4 Å². The van der Waals surface area contributed by atoms with E-state index in [0.717, 1.165) is 6.07 Å². The Morgan fingerprint density at radius 1 is 1.24 bits per heavy atom. The van der Waals surface area contributed by atoms with Crippen molar-refractivity contribution in [2.24, 2.45) is 5.92 Å². The van der Waals surface area contributed by atoms with Crippen LogP contribution in [0.4, 0.5) is 13.2 Å². The molecule has 3 atom stereocenters. The first-order valence-electron chi connectivity index (χ1n) is 10.3. The van der Waals surface area contributed by atoms with Crippen LogP contribution in [0.15, 0.2) is 51.4 Å². The van der Waals surface area contributed by atoms with Crippen LogP contribution in [0.1, 0.15) is 25.5 Å². The molecule has 2 heterocycles. The number of benzene rings is 1. The highest BCUT2D eigenvalue weighted by molar-refractivity contribution is 5.82. The molecule has 0 amide bonds. The van der Waals surface area contributed by atoms with Gasteiger partial charge in [-0.1, -0.05) is 13.0 Å². The Balaban J connectivity index is 1.70. The average Bonchev–Trinajstić information content (AvgIpc) is 3.30. The van der Waals surface area contributed by atoms with Crippen molar-refractivity contribution in [3.05, 3.63) is 58.2 Å². The van der Waals surface area contributed by atoms with Gasteiger partial charge in [0.2, 0.25) is 11.2 Å². The lowest BCUT2D eigenvalue weighted by Gasteiger charge is -2.22. The molecule has 0 saturated carbocycles. The fraction of sp³-hybridized carbons (Fsp3) is 0.391. The van der Waals surface area contributed by atoms with Gasteiger partial charge in [0.05, 0.1) is 11.5 Å². The number of rotatable bonds is 5. The van der Waals surface area contributed by atoms with Gasteiger partial charge in [-0.2, -0.15) is 13.2 Å². The number of fused-ring (bicyclic) bond motifs is 1. The number of methoxy groups -OCH3 is 1. The number of hydrogen-bond donors (Lipinski definition) is 0. The van der Waals surface area contributed by atoms with E-state index in [2.05, 4.69) is 0 Å². The standard InChI is InChI=1S/C23H21F3O7/c1-12-10-13(6-8-16(12)29-2)31-20-19(27)15-7-5-14(32-22(28)17-4-3-9-30-17)11-18(15)33-21(20)23(24,25)26/h5-8,10-12,16-17H,3-4,9H2,1-2H3. The third-order valence-electron chi connectivity index (χ3n) is 5.38. The first kappa shape index (κ1) is 23.1. The van der Waals surface area contributed by atoms with Crippen molar-refractivity contribution in [1.82, 2.24) is 0 Å². The molecule has 7 nitrogen and oxygen atoms in total. The van der Waals surface area contributed by atoms with E-state index in [1.54, 1.807) is 19.1 Å². The van der Waals surface area contributed by atoms with Crippen molar-refractivity contribution >= 4 is 16.9 Å². The third kappa shape index (κ3) is 4.81. The minimum Gasteiger partial charge on any atom is -0.450 e. The van der Waals surface area contributed by atoms with Crippen molar-refractivity contribution < 1.29 is 41.3 Å². The highest BCUT2D eigenvalue weighted by Crippen LogP contribution is 2.38. The molecule has 2 aromatic rings. The molecule has 1 saturated heterocycles. The molecular formula is C23H21F3O7. The predicted octanol–water partition coefficient (Wildman–Crippen LogP) is 4.38. The van der Waals surface area contributed by atoms with Gasteiger partial charge in [0.15, 0.2) is 6.10 Å². The summed E-state index contributed by atoms with van der Waals surface area (Å²) in [7, 11) is 1.51. The molecule has 176 valence electrons. The van der Waals surface area contributed by atoms with Gasteiger partial charge in [-0.3, -0.25) is 4.79 Å². The number of allylic oxidation sites excluding steroid dienone is 1. The van der Waals surface area contributed by atoms with Gasteiger partial charge in [-0.05, 0) is 37.1 Å². The molecule has 2 aliphatic rings. The van der Waals surface area contributed by atoms with Crippen LogP contribution in [-0.4, -0.2) is 31.9 Å². The maximum atomic E-state index is 13.7. The van der Waals surface area contributed by atoms with Crippen molar-refractivity contribution in [2.75, 3.05) is 13.7 Å². The van der Waals surface area contributed by atoms with Crippen LogP contribution in [0.5, 0.6) is 11.5 Å². The van der Waals surface area contributed by atoms with E-state index in [0.29, 0.717) is 19.4 Å². The molecule has 1 aromatic carbocycles. The number of halogens is 3. The smallest absolute Gasteiger partial charge is 0.450 e. The molecule has 1 aliphatic carbocycles. The van der Waals surface area contributed by atoms with Gasteiger partial charge in [0.25, 0.3) is 5.76 Å². The molecule has 1 aliphatic heterocycles. The van der Waals surface area contributed by atoms with E-state index >= 15 is 0 Å². The Kier molecular flexibility index (Phi) is 6.31. The monoisotopic (exact) mass is 466 g/mol. The Morgan fingerprint density at radius 2 is 2.03 bits per heavy atom. The normalized spacial score (nSPS) is 22.9. The van der Waals surface area contributed by atoms with Crippen LogP contribution < -0.4 is 14.9 Å². The van der Waals surface area contributed by atoms with Gasteiger partial charge in [0, 0.05) is 25.7 Å². The number of hydrogen-bond acceptors (Lipinski definition) is 7. The topological polar surface area (TPSA) is 84.2 Å². The van der Waals surface area contributed by atoms with Crippen LogP contribution in [0.25, 0.3) is 11.0 Å². The molecule has 0 N–H and O–H groups in total.